The van der Waals surface area contributed by atoms with E-state index in [1.807, 2.05) is 24.3 Å². The Morgan fingerprint density at radius 2 is 1.49 bits per heavy atom. The smallest absolute Gasteiger partial charge is 0.333 e. The first kappa shape index (κ1) is 28.6. The molecule has 4 aromatic rings. The molecule has 5 rings (SSSR count). The fourth-order valence-electron chi connectivity index (χ4n) is 5.82. The fourth-order valence-corrected chi connectivity index (χ4v) is 5.82. The summed E-state index contributed by atoms with van der Waals surface area (Å²) in [6, 6.07) is 34.4. The summed E-state index contributed by atoms with van der Waals surface area (Å²) in [5.41, 5.74) is 9.29. The van der Waals surface area contributed by atoms with Gasteiger partial charge in [-0.25, -0.2) is 4.79 Å². The van der Waals surface area contributed by atoms with Crippen LogP contribution >= 0.6 is 0 Å². The number of hydrogen-bond acceptors (Lipinski definition) is 4. The molecule has 1 N–H and O–H groups in total. The van der Waals surface area contributed by atoms with Crippen molar-refractivity contribution in [1.82, 2.24) is 4.90 Å². The molecule has 5 nitrogen and oxygen atoms in total. The number of aryl methyl sites for hydroxylation is 4. The van der Waals surface area contributed by atoms with Gasteiger partial charge >= 0.3 is 5.97 Å². The molecule has 0 aromatic heterocycles. The minimum absolute atomic E-state index is 0.167. The van der Waals surface area contributed by atoms with Crippen molar-refractivity contribution in [2.75, 3.05) is 27.3 Å². The number of likely N-dealkylation sites (N-methyl/N-ethyl adjacent to an activating group) is 1. The van der Waals surface area contributed by atoms with E-state index in [9.17, 15) is 9.90 Å². The maximum atomic E-state index is 11.3. The molecule has 0 heterocycles. The molecule has 1 aliphatic carbocycles. The summed E-state index contributed by atoms with van der Waals surface area (Å²) in [5, 5.41) is 9.23. The first-order valence-electron chi connectivity index (χ1n) is 14.4. The zero-order chi connectivity index (χ0) is 28.6. The van der Waals surface area contributed by atoms with E-state index < -0.39 is 12.1 Å². The monoisotopic (exact) mass is 549 g/mol. The number of aliphatic carboxylic acids is 1. The minimum atomic E-state index is -0.957. The lowest BCUT2D eigenvalue weighted by molar-refractivity contribution is -0.148. The number of carboxylic acid groups (broad SMARTS) is 1. The van der Waals surface area contributed by atoms with Crippen LogP contribution in [0.2, 0.25) is 0 Å². The lowest BCUT2D eigenvalue weighted by atomic mass is 9.91. The molecule has 4 aromatic carbocycles. The van der Waals surface area contributed by atoms with Crippen molar-refractivity contribution in [1.29, 1.82) is 0 Å². The number of benzene rings is 4. The van der Waals surface area contributed by atoms with E-state index in [1.54, 1.807) is 0 Å². The average molecular weight is 550 g/mol. The zero-order valence-corrected chi connectivity index (χ0v) is 24.0. The maximum Gasteiger partial charge on any atom is 0.333 e. The summed E-state index contributed by atoms with van der Waals surface area (Å²) in [6.45, 7) is 1.32. The summed E-state index contributed by atoms with van der Waals surface area (Å²) >= 11 is 0. The van der Waals surface area contributed by atoms with Crippen LogP contribution in [-0.2, 0) is 41.6 Å². The van der Waals surface area contributed by atoms with Crippen molar-refractivity contribution in [3.05, 3.63) is 136 Å². The quantitative estimate of drug-likeness (QED) is 0.224. The summed E-state index contributed by atoms with van der Waals surface area (Å²) in [5.74, 6) is -0.183. The average Bonchev–Trinajstić information content (AvgIpc) is 3.16. The van der Waals surface area contributed by atoms with Gasteiger partial charge < -0.3 is 14.6 Å². The van der Waals surface area contributed by atoms with Crippen molar-refractivity contribution in [2.45, 2.75) is 44.2 Å². The van der Waals surface area contributed by atoms with Crippen LogP contribution in [0.15, 0.2) is 97.1 Å². The van der Waals surface area contributed by atoms with Gasteiger partial charge in [-0.3, -0.25) is 4.90 Å². The van der Waals surface area contributed by atoms with Crippen molar-refractivity contribution in [3.63, 3.8) is 0 Å². The van der Waals surface area contributed by atoms with Crippen LogP contribution in [-0.4, -0.2) is 49.4 Å². The second-order valence-electron chi connectivity index (χ2n) is 10.9. The Morgan fingerprint density at radius 1 is 0.829 bits per heavy atom. The first-order chi connectivity index (χ1) is 20.0. The van der Waals surface area contributed by atoms with Gasteiger partial charge in [-0.1, -0.05) is 84.9 Å². The topological polar surface area (TPSA) is 59.0 Å². The van der Waals surface area contributed by atoms with E-state index in [1.165, 1.54) is 40.5 Å². The van der Waals surface area contributed by atoms with E-state index >= 15 is 0 Å². The van der Waals surface area contributed by atoms with Gasteiger partial charge in [0.25, 0.3) is 0 Å². The van der Waals surface area contributed by atoms with E-state index in [0.29, 0.717) is 13.0 Å². The molecular formula is C36H39NO4. The highest BCUT2D eigenvalue weighted by Crippen LogP contribution is 2.36. The predicted octanol–water partition coefficient (Wildman–Crippen LogP) is 6.31. The second kappa shape index (κ2) is 13.6. The Labute approximate surface area is 243 Å². The van der Waals surface area contributed by atoms with Gasteiger partial charge in [-0.2, -0.15) is 0 Å². The van der Waals surface area contributed by atoms with Gasteiger partial charge in [0, 0.05) is 20.1 Å². The van der Waals surface area contributed by atoms with E-state index in [4.69, 9.17) is 9.47 Å². The summed E-state index contributed by atoms with van der Waals surface area (Å²) in [4.78, 5) is 13.7. The Bertz CT molecular complexity index is 1430. The molecule has 0 aliphatic heterocycles. The van der Waals surface area contributed by atoms with Crippen LogP contribution in [0.4, 0.5) is 0 Å². The van der Waals surface area contributed by atoms with Gasteiger partial charge in [-0.05, 0) is 83.8 Å². The number of carboxylic acids is 1. The highest BCUT2D eigenvalue weighted by atomic mass is 16.5. The van der Waals surface area contributed by atoms with Crippen LogP contribution in [0.3, 0.4) is 0 Å². The van der Waals surface area contributed by atoms with Crippen molar-refractivity contribution in [3.8, 4) is 5.75 Å². The molecule has 5 heteroatoms. The number of methoxy groups -OCH3 is 1. The third-order valence-electron chi connectivity index (χ3n) is 8.12. The van der Waals surface area contributed by atoms with Crippen molar-refractivity contribution in [2.24, 2.45) is 0 Å². The number of fused-ring (bicyclic) bond motifs is 2. The molecule has 0 spiro atoms. The van der Waals surface area contributed by atoms with Crippen LogP contribution in [0, 0.1) is 0 Å². The Balaban J connectivity index is 1.27. The van der Waals surface area contributed by atoms with Crippen LogP contribution in [0.1, 0.15) is 45.0 Å². The maximum absolute atomic E-state index is 11.3. The lowest BCUT2D eigenvalue weighted by Crippen LogP contribution is -2.30. The fraction of sp³-hybridized carbons (Fsp3) is 0.306. The molecule has 0 bridgehead atoms. The Morgan fingerprint density at radius 3 is 2.24 bits per heavy atom. The zero-order valence-electron chi connectivity index (χ0n) is 24.0. The molecule has 212 valence electrons. The van der Waals surface area contributed by atoms with Crippen molar-refractivity contribution < 1.29 is 19.4 Å². The number of carbonyl (C=O) groups is 1. The minimum Gasteiger partial charge on any atom is -0.492 e. The van der Waals surface area contributed by atoms with Crippen LogP contribution in [0.5, 0.6) is 5.75 Å². The lowest BCUT2D eigenvalue weighted by Gasteiger charge is -2.30. The molecule has 41 heavy (non-hydrogen) atoms. The molecule has 0 saturated heterocycles. The summed E-state index contributed by atoms with van der Waals surface area (Å²) < 4.78 is 11.2. The van der Waals surface area contributed by atoms with Gasteiger partial charge in [-0.15, -0.1) is 0 Å². The van der Waals surface area contributed by atoms with Gasteiger partial charge in [0.15, 0.2) is 6.10 Å². The Hall–Kier alpha value is -3.93. The number of nitrogens with zero attached hydrogens (tertiary/aromatic N) is 1. The van der Waals surface area contributed by atoms with E-state index in [0.717, 1.165) is 43.5 Å². The molecule has 0 amide bonds. The highest BCUT2D eigenvalue weighted by Gasteiger charge is 2.27. The third-order valence-corrected chi connectivity index (χ3v) is 8.12. The largest absolute Gasteiger partial charge is 0.492 e. The predicted molar refractivity (Wildman–Crippen MR) is 163 cm³/mol. The van der Waals surface area contributed by atoms with Gasteiger partial charge in [0.2, 0.25) is 0 Å². The SMILES string of the molecule is COC(Cc1ccc(OCCN(C)C2c3ccccc3CCc3cc(CCc4ccccc4)ccc32)cc1)C(=O)O. The second-order valence-corrected chi connectivity index (χ2v) is 10.9. The van der Waals surface area contributed by atoms with E-state index in [-0.39, 0.29) is 6.04 Å². The molecule has 0 fully saturated rings. The highest BCUT2D eigenvalue weighted by molar-refractivity contribution is 5.72. The normalized spacial score (nSPS) is 15.0. The van der Waals surface area contributed by atoms with Gasteiger partial charge in [0.1, 0.15) is 12.4 Å². The molecule has 2 atom stereocenters. The van der Waals surface area contributed by atoms with Crippen LogP contribution in [0.25, 0.3) is 0 Å². The summed E-state index contributed by atoms with van der Waals surface area (Å²) in [7, 11) is 3.60. The molecule has 0 saturated carbocycles. The number of hydrogen-bond donors (Lipinski definition) is 1. The van der Waals surface area contributed by atoms with E-state index in [2.05, 4.69) is 84.7 Å². The van der Waals surface area contributed by atoms with Crippen molar-refractivity contribution >= 4 is 5.97 Å². The number of ether oxygens (including phenoxy) is 2. The molecule has 0 radical (unpaired) electrons. The molecule has 1 aliphatic rings. The van der Waals surface area contributed by atoms with Gasteiger partial charge in [0.05, 0.1) is 6.04 Å². The summed E-state index contributed by atoms with van der Waals surface area (Å²) in [6.07, 6.45) is 3.66. The standard InChI is InChI=1S/C36H39NO4/c1-37(22-23-41-31-19-14-28(15-20-31)25-34(40-2)36(38)39)35-32-11-7-6-10-29(32)17-18-30-24-27(16-21-33(30)35)13-12-26-8-4-3-5-9-26/h3-11,14-16,19-21,24,34-35H,12-13,17-18,22-23,25H2,1-2H3,(H,38,39). The third kappa shape index (κ3) is 7.24. The first-order valence-corrected chi connectivity index (χ1v) is 14.4. The molecule has 2 unspecified atom stereocenters. The number of rotatable bonds is 12. The molecular weight excluding hydrogens is 510 g/mol. The Kier molecular flexibility index (Phi) is 9.50. The van der Waals surface area contributed by atoms with Crippen LogP contribution < -0.4 is 4.74 Å².